The zero-order valence-electron chi connectivity index (χ0n) is 10.2. The highest BCUT2D eigenvalue weighted by Gasteiger charge is 2.18. The van der Waals surface area contributed by atoms with Gasteiger partial charge in [-0.1, -0.05) is 18.2 Å². The highest BCUT2D eigenvalue weighted by Crippen LogP contribution is 2.21. The van der Waals surface area contributed by atoms with Gasteiger partial charge >= 0.3 is 0 Å². The molecule has 88 valence electrons. The Kier molecular flexibility index (Phi) is 3.83. The molecule has 0 spiro atoms. The van der Waals surface area contributed by atoms with Crippen LogP contribution < -0.4 is 10.1 Å². The molecule has 1 aromatic carbocycles. The third kappa shape index (κ3) is 2.99. The lowest BCUT2D eigenvalue weighted by atomic mass is 10.0. The Morgan fingerprint density at radius 2 is 2.25 bits per heavy atom. The summed E-state index contributed by atoms with van der Waals surface area (Å²) in [7, 11) is 0. The highest BCUT2D eigenvalue weighted by atomic mass is 16.5. The lowest BCUT2D eigenvalue weighted by Crippen LogP contribution is -2.19. The molecule has 1 aliphatic rings. The molecule has 2 atom stereocenters. The fourth-order valence-electron chi connectivity index (χ4n) is 2.34. The van der Waals surface area contributed by atoms with Gasteiger partial charge in [-0.05, 0) is 57.3 Å². The Hall–Kier alpha value is -1.02. The van der Waals surface area contributed by atoms with Crippen molar-refractivity contribution in [3.63, 3.8) is 0 Å². The van der Waals surface area contributed by atoms with Crippen molar-refractivity contribution in [1.29, 1.82) is 0 Å². The number of ether oxygens (including phenoxy) is 1. The maximum Gasteiger partial charge on any atom is 0.122 e. The number of hydrogen-bond donors (Lipinski definition) is 1. The molecule has 0 radical (unpaired) electrons. The third-order valence-electron chi connectivity index (χ3n) is 3.25. The Balaban J connectivity index is 1.86. The number of para-hydroxylation sites is 1. The molecule has 16 heavy (non-hydrogen) atoms. The second kappa shape index (κ2) is 5.35. The van der Waals surface area contributed by atoms with Crippen molar-refractivity contribution in [3.05, 3.63) is 29.8 Å². The Bertz CT molecular complexity index is 331. The largest absolute Gasteiger partial charge is 0.490 e. The molecule has 2 unspecified atom stereocenters. The van der Waals surface area contributed by atoms with Crippen LogP contribution in [0.5, 0.6) is 5.75 Å². The van der Waals surface area contributed by atoms with Crippen LogP contribution in [0, 0.1) is 12.8 Å². The van der Waals surface area contributed by atoms with E-state index in [1.54, 1.807) is 0 Å². The molecule has 1 aliphatic heterocycles. The van der Waals surface area contributed by atoms with Crippen LogP contribution in [0.1, 0.15) is 25.3 Å². The molecule has 0 saturated carbocycles. The van der Waals surface area contributed by atoms with Gasteiger partial charge in [0.05, 0.1) is 6.10 Å². The van der Waals surface area contributed by atoms with E-state index >= 15 is 0 Å². The highest BCUT2D eigenvalue weighted by molar-refractivity contribution is 5.31. The second-order valence-corrected chi connectivity index (χ2v) is 4.79. The number of nitrogens with one attached hydrogen (secondary N) is 1. The minimum atomic E-state index is 0.311. The van der Waals surface area contributed by atoms with Gasteiger partial charge in [-0.2, -0.15) is 0 Å². The zero-order valence-corrected chi connectivity index (χ0v) is 10.2. The first kappa shape index (κ1) is 11.5. The molecule has 2 heteroatoms. The van der Waals surface area contributed by atoms with Crippen molar-refractivity contribution in [2.75, 3.05) is 13.1 Å². The van der Waals surface area contributed by atoms with Crippen molar-refractivity contribution < 1.29 is 4.74 Å². The van der Waals surface area contributed by atoms with Gasteiger partial charge < -0.3 is 10.1 Å². The van der Waals surface area contributed by atoms with Gasteiger partial charge in [0.15, 0.2) is 0 Å². The second-order valence-electron chi connectivity index (χ2n) is 4.79. The maximum absolute atomic E-state index is 5.98. The van der Waals surface area contributed by atoms with Crippen molar-refractivity contribution in [1.82, 2.24) is 5.32 Å². The number of hydrogen-bond acceptors (Lipinski definition) is 2. The fourth-order valence-corrected chi connectivity index (χ4v) is 2.34. The molecule has 0 bridgehead atoms. The Morgan fingerprint density at radius 1 is 1.44 bits per heavy atom. The molecule has 0 aliphatic carbocycles. The molecule has 1 fully saturated rings. The van der Waals surface area contributed by atoms with Crippen LogP contribution >= 0.6 is 0 Å². The predicted molar refractivity (Wildman–Crippen MR) is 66.9 cm³/mol. The summed E-state index contributed by atoms with van der Waals surface area (Å²) in [4.78, 5) is 0. The molecule has 1 N–H and O–H groups in total. The topological polar surface area (TPSA) is 21.3 Å². The van der Waals surface area contributed by atoms with Gasteiger partial charge in [-0.25, -0.2) is 0 Å². The van der Waals surface area contributed by atoms with Gasteiger partial charge in [-0.3, -0.25) is 0 Å². The molecule has 0 amide bonds. The normalized spacial score (nSPS) is 22.0. The SMILES string of the molecule is Cc1ccccc1OC(C)CC1CCNC1. The van der Waals surface area contributed by atoms with Crippen LogP contribution in [0.15, 0.2) is 24.3 Å². The van der Waals surface area contributed by atoms with Gasteiger partial charge in [0, 0.05) is 0 Å². The van der Waals surface area contributed by atoms with Crippen molar-refractivity contribution in [2.45, 2.75) is 32.8 Å². The fraction of sp³-hybridized carbons (Fsp3) is 0.571. The zero-order chi connectivity index (χ0) is 11.4. The molecule has 1 aromatic rings. The standard InChI is InChI=1S/C14H21NO/c1-11-5-3-4-6-14(11)16-12(2)9-13-7-8-15-10-13/h3-6,12-13,15H,7-10H2,1-2H3. The van der Waals surface area contributed by atoms with E-state index in [1.165, 1.54) is 18.5 Å². The summed E-state index contributed by atoms with van der Waals surface area (Å²) in [5.41, 5.74) is 1.22. The maximum atomic E-state index is 5.98. The summed E-state index contributed by atoms with van der Waals surface area (Å²) >= 11 is 0. The van der Waals surface area contributed by atoms with Gasteiger partial charge in [0.2, 0.25) is 0 Å². The smallest absolute Gasteiger partial charge is 0.122 e. The summed E-state index contributed by atoms with van der Waals surface area (Å²) in [5.74, 6) is 1.82. The number of aryl methyl sites for hydroxylation is 1. The van der Waals surface area contributed by atoms with Crippen LogP contribution in [0.3, 0.4) is 0 Å². The molecule has 0 aromatic heterocycles. The van der Waals surface area contributed by atoms with Crippen LogP contribution in [0.25, 0.3) is 0 Å². The van der Waals surface area contributed by atoms with E-state index in [0.717, 1.165) is 24.6 Å². The third-order valence-corrected chi connectivity index (χ3v) is 3.25. The monoisotopic (exact) mass is 219 g/mol. The van der Waals surface area contributed by atoms with E-state index in [0.29, 0.717) is 6.10 Å². The number of benzene rings is 1. The van der Waals surface area contributed by atoms with Crippen molar-refractivity contribution >= 4 is 0 Å². The molecule has 2 rings (SSSR count). The van der Waals surface area contributed by atoms with E-state index in [-0.39, 0.29) is 0 Å². The van der Waals surface area contributed by atoms with Crippen molar-refractivity contribution in [3.8, 4) is 5.75 Å². The van der Waals surface area contributed by atoms with Crippen LogP contribution in [0.2, 0.25) is 0 Å². The quantitative estimate of drug-likeness (QED) is 0.840. The molecule has 1 saturated heterocycles. The lowest BCUT2D eigenvalue weighted by molar-refractivity contribution is 0.188. The summed E-state index contributed by atoms with van der Waals surface area (Å²) in [6.45, 7) is 6.59. The summed E-state index contributed by atoms with van der Waals surface area (Å²) in [5, 5.41) is 3.40. The average molecular weight is 219 g/mol. The summed E-state index contributed by atoms with van der Waals surface area (Å²) in [6, 6.07) is 8.23. The van der Waals surface area contributed by atoms with Crippen LogP contribution in [-0.2, 0) is 0 Å². The first-order valence-corrected chi connectivity index (χ1v) is 6.18. The summed E-state index contributed by atoms with van der Waals surface area (Å²) in [6.07, 6.45) is 2.76. The molecule has 2 nitrogen and oxygen atoms in total. The van der Waals surface area contributed by atoms with Crippen molar-refractivity contribution in [2.24, 2.45) is 5.92 Å². The number of rotatable bonds is 4. The lowest BCUT2D eigenvalue weighted by Gasteiger charge is -2.19. The predicted octanol–water partition coefficient (Wildman–Crippen LogP) is 2.76. The summed E-state index contributed by atoms with van der Waals surface area (Å²) < 4.78 is 5.98. The Morgan fingerprint density at radius 3 is 2.94 bits per heavy atom. The molecular weight excluding hydrogens is 198 g/mol. The first-order chi connectivity index (χ1) is 7.75. The minimum Gasteiger partial charge on any atom is -0.490 e. The van der Waals surface area contributed by atoms with Crippen LogP contribution in [-0.4, -0.2) is 19.2 Å². The molecular formula is C14H21NO. The Labute approximate surface area is 98.0 Å². The van der Waals surface area contributed by atoms with E-state index in [1.807, 2.05) is 12.1 Å². The van der Waals surface area contributed by atoms with Crippen LogP contribution in [0.4, 0.5) is 0 Å². The first-order valence-electron chi connectivity index (χ1n) is 6.18. The minimum absolute atomic E-state index is 0.311. The molecule has 1 heterocycles. The van der Waals surface area contributed by atoms with E-state index in [4.69, 9.17) is 4.74 Å². The van der Waals surface area contributed by atoms with E-state index < -0.39 is 0 Å². The van der Waals surface area contributed by atoms with Gasteiger partial charge in [-0.15, -0.1) is 0 Å². The average Bonchev–Trinajstić information content (AvgIpc) is 2.74. The van der Waals surface area contributed by atoms with Gasteiger partial charge in [0.25, 0.3) is 0 Å². The van der Waals surface area contributed by atoms with E-state index in [9.17, 15) is 0 Å². The van der Waals surface area contributed by atoms with E-state index in [2.05, 4.69) is 31.3 Å². The van der Waals surface area contributed by atoms with Gasteiger partial charge in [0.1, 0.15) is 5.75 Å².